The molecule has 1 unspecified atom stereocenters. The number of nitriles is 1. The molecule has 0 saturated carbocycles. The van der Waals surface area contributed by atoms with E-state index < -0.39 is 11.9 Å². The Balaban J connectivity index is 1.96. The average Bonchev–Trinajstić information content (AvgIpc) is 2.66. The van der Waals surface area contributed by atoms with E-state index >= 15 is 0 Å². The van der Waals surface area contributed by atoms with Gasteiger partial charge in [-0.2, -0.15) is 5.26 Å². The zero-order chi connectivity index (χ0) is 18.9. The fourth-order valence-electron chi connectivity index (χ4n) is 2.38. The Hall–Kier alpha value is -3.33. The highest BCUT2D eigenvalue weighted by Crippen LogP contribution is 2.27. The molecule has 0 saturated heterocycles. The number of carbonyl (C=O) groups excluding carboxylic acids is 2. The fourth-order valence-corrected chi connectivity index (χ4v) is 2.38. The van der Waals surface area contributed by atoms with Crippen LogP contribution < -0.4 is 14.8 Å². The van der Waals surface area contributed by atoms with Crippen LogP contribution in [0.2, 0.25) is 0 Å². The minimum absolute atomic E-state index is 0.127. The molecule has 0 radical (unpaired) electrons. The molecule has 0 spiro atoms. The van der Waals surface area contributed by atoms with Gasteiger partial charge in [-0.3, -0.25) is 9.59 Å². The molecular formula is C20H20N2O4. The molecule has 0 fully saturated rings. The van der Waals surface area contributed by atoms with Crippen molar-refractivity contribution in [3.63, 3.8) is 0 Å². The van der Waals surface area contributed by atoms with Crippen molar-refractivity contribution in [2.24, 2.45) is 0 Å². The van der Waals surface area contributed by atoms with E-state index in [0.717, 1.165) is 5.56 Å². The Morgan fingerprint density at radius 2 is 1.88 bits per heavy atom. The number of rotatable bonds is 8. The van der Waals surface area contributed by atoms with Gasteiger partial charge in [0.15, 0.2) is 23.9 Å². The lowest BCUT2D eigenvalue weighted by Crippen LogP contribution is -2.43. The van der Waals surface area contributed by atoms with Gasteiger partial charge in [-0.05, 0) is 31.0 Å². The Morgan fingerprint density at radius 3 is 2.50 bits per heavy atom. The van der Waals surface area contributed by atoms with Gasteiger partial charge in [0.2, 0.25) is 0 Å². The molecular weight excluding hydrogens is 332 g/mol. The second kappa shape index (κ2) is 9.23. The van der Waals surface area contributed by atoms with Crippen molar-refractivity contribution in [1.82, 2.24) is 5.32 Å². The van der Waals surface area contributed by atoms with Gasteiger partial charge >= 0.3 is 0 Å². The number of carbonyl (C=O) groups is 2. The van der Waals surface area contributed by atoms with Crippen molar-refractivity contribution in [1.29, 1.82) is 5.26 Å². The van der Waals surface area contributed by atoms with Crippen LogP contribution in [0.5, 0.6) is 11.5 Å². The standard InChI is InChI=1S/C20H20N2O4/c1-14(23)17(10-15-6-4-3-5-7-15)22-20(24)13-26-18-9-8-16(12-21)11-19(18)25-2/h3-9,11,17H,10,13H2,1-2H3,(H,22,24). The van der Waals surface area contributed by atoms with E-state index in [1.807, 2.05) is 36.4 Å². The van der Waals surface area contributed by atoms with Crippen LogP contribution in [0.1, 0.15) is 18.1 Å². The summed E-state index contributed by atoms with van der Waals surface area (Å²) in [4.78, 5) is 24.0. The van der Waals surface area contributed by atoms with Crippen LogP contribution in [0.3, 0.4) is 0 Å². The second-order valence-corrected chi connectivity index (χ2v) is 5.69. The fraction of sp³-hybridized carbons (Fsp3) is 0.250. The molecule has 134 valence electrons. The van der Waals surface area contributed by atoms with Crippen LogP contribution in [0, 0.1) is 11.3 Å². The van der Waals surface area contributed by atoms with Crippen molar-refractivity contribution in [3.8, 4) is 17.6 Å². The van der Waals surface area contributed by atoms with E-state index in [-0.39, 0.29) is 12.4 Å². The average molecular weight is 352 g/mol. The molecule has 0 heterocycles. The summed E-state index contributed by atoms with van der Waals surface area (Å²) in [7, 11) is 1.45. The number of ether oxygens (including phenoxy) is 2. The van der Waals surface area contributed by atoms with Gasteiger partial charge in [-0.25, -0.2) is 0 Å². The summed E-state index contributed by atoms with van der Waals surface area (Å²) in [5.41, 5.74) is 1.39. The molecule has 0 bridgehead atoms. The lowest BCUT2D eigenvalue weighted by molar-refractivity contribution is -0.128. The zero-order valence-electron chi connectivity index (χ0n) is 14.7. The zero-order valence-corrected chi connectivity index (χ0v) is 14.7. The van der Waals surface area contributed by atoms with Crippen molar-refractivity contribution in [2.75, 3.05) is 13.7 Å². The lowest BCUT2D eigenvalue weighted by Gasteiger charge is -2.17. The van der Waals surface area contributed by atoms with E-state index in [2.05, 4.69) is 5.32 Å². The van der Waals surface area contributed by atoms with Crippen LogP contribution in [-0.4, -0.2) is 31.4 Å². The first kappa shape index (κ1) is 19.0. The number of nitrogens with one attached hydrogen (secondary N) is 1. The molecule has 6 nitrogen and oxygen atoms in total. The van der Waals surface area contributed by atoms with Gasteiger partial charge in [-0.1, -0.05) is 30.3 Å². The maximum Gasteiger partial charge on any atom is 0.258 e. The first-order chi connectivity index (χ1) is 12.5. The predicted octanol–water partition coefficient (Wildman–Crippen LogP) is 2.26. The van der Waals surface area contributed by atoms with Gasteiger partial charge in [0.25, 0.3) is 5.91 Å². The van der Waals surface area contributed by atoms with Crippen LogP contribution in [0.15, 0.2) is 48.5 Å². The molecule has 0 aliphatic carbocycles. The van der Waals surface area contributed by atoms with E-state index in [9.17, 15) is 9.59 Å². The number of Topliss-reactive ketones (excluding diaryl/α,β-unsaturated/α-hetero) is 1. The van der Waals surface area contributed by atoms with Crippen LogP contribution >= 0.6 is 0 Å². The van der Waals surface area contributed by atoms with Gasteiger partial charge in [0.05, 0.1) is 24.8 Å². The molecule has 6 heteroatoms. The molecule has 2 aromatic carbocycles. The molecule has 26 heavy (non-hydrogen) atoms. The van der Waals surface area contributed by atoms with Crippen LogP contribution in [0.4, 0.5) is 0 Å². The normalized spacial score (nSPS) is 11.1. The molecule has 0 aromatic heterocycles. The number of hydrogen-bond acceptors (Lipinski definition) is 5. The van der Waals surface area contributed by atoms with Crippen LogP contribution in [0.25, 0.3) is 0 Å². The first-order valence-corrected chi connectivity index (χ1v) is 8.08. The molecule has 1 amide bonds. The summed E-state index contributed by atoms with van der Waals surface area (Å²) in [5.74, 6) is 0.180. The second-order valence-electron chi connectivity index (χ2n) is 5.69. The monoisotopic (exact) mass is 352 g/mol. The van der Waals surface area contributed by atoms with E-state index in [1.165, 1.54) is 20.1 Å². The molecule has 1 N–H and O–H groups in total. The summed E-state index contributed by atoms with van der Waals surface area (Å²) >= 11 is 0. The Labute approximate surface area is 152 Å². The largest absolute Gasteiger partial charge is 0.493 e. The summed E-state index contributed by atoms with van der Waals surface area (Å²) < 4.78 is 10.6. The number of hydrogen-bond donors (Lipinski definition) is 1. The minimum Gasteiger partial charge on any atom is -0.493 e. The first-order valence-electron chi connectivity index (χ1n) is 8.08. The summed E-state index contributed by atoms with van der Waals surface area (Å²) in [6.07, 6.45) is 0.419. The maximum atomic E-state index is 12.2. The maximum absolute atomic E-state index is 12.2. The van der Waals surface area contributed by atoms with Crippen molar-refractivity contribution in [3.05, 3.63) is 59.7 Å². The molecule has 0 aliphatic heterocycles. The smallest absolute Gasteiger partial charge is 0.258 e. The number of ketones is 1. The number of methoxy groups -OCH3 is 1. The summed E-state index contributed by atoms with van der Waals surface area (Å²) in [6.45, 7) is 1.18. The number of nitrogens with zero attached hydrogens (tertiary/aromatic N) is 1. The summed E-state index contributed by atoms with van der Waals surface area (Å²) in [6, 6.07) is 15.5. The molecule has 2 rings (SSSR count). The molecule has 1 atom stereocenters. The topological polar surface area (TPSA) is 88.4 Å². The quantitative estimate of drug-likeness (QED) is 0.787. The lowest BCUT2D eigenvalue weighted by atomic mass is 10.0. The highest BCUT2D eigenvalue weighted by Gasteiger charge is 2.18. The Morgan fingerprint density at radius 1 is 1.15 bits per heavy atom. The van der Waals surface area contributed by atoms with Crippen molar-refractivity contribution < 1.29 is 19.1 Å². The minimum atomic E-state index is -0.614. The van der Waals surface area contributed by atoms with Gasteiger partial charge in [0.1, 0.15) is 0 Å². The van der Waals surface area contributed by atoms with Gasteiger partial charge in [-0.15, -0.1) is 0 Å². The molecule has 2 aromatic rings. The van der Waals surface area contributed by atoms with E-state index in [0.29, 0.717) is 23.5 Å². The molecule has 0 aliphatic rings. The van der Waals surface area contributed by atoms with Gasteiger partial charge in [0, 0.05) is 6.07 Å². The Bertz CT molecular complexity index is 812. The number of amides is 1. The van der Waals surface area contributed by atoms with Crippen LogP contribution in [-0.2, 0) is 16.0 Å². The highest BCUT2D eigenvalue weighted by molar-refractivity contribution is 5.88. The third-order valence-corrected chi connectivity index (χ3v) is 3.76. The summed E-state index contributed by atoms with van der Waals surface area (Å²) in [5, 5.41) is 11.6. The predicted molar refractivity (Wildman–Crippen MR) is 96.0 cm³/mol. The van der Waals surface area contributed by atoms with Gasteiger partial charge < -0.3 is 14.8 Å². The SMILES string of the molecule is COc1cc(C#N)ccc1OCC(=O)NC(Cc1ccccc1)C(C)=O. The van der Waals surface area contributed by atoms with Crippen molar-refractivity contribution in [2.45, 2.75) is 19.4 Å². The van der Waals surface area contributed by atoms with Crippen molar-refractivity contribution >= 4 is 11.7 Å². The van der Waals surface area contributed by atoms with E-state index in [1.54, 1.807) is 12.1 Å². The van der Waals surface area contributed by atoms with E-state index in [4.69, 9.17) is 14.7 Å². The third kappa shape index (κ3) is 5.35. The third-order valence-electron chi connectivity index (χ3n) is 3.76. The Kier molecular flexibility index (Phi) is 6.75. The number of benzene rings is 2. The highest BCUT2D eigenvalue weighted by atomic mass is 16.5.